The zero-order valence-corrected chi connectivity index (χ0v) is 10.0. The summed E-state index contributed by atoms with van der Waals surface area (Å²) in [5.41, 5.74) is 1.20. The molecule has 0 saturated carbocycles. The SMILES string of the molecule is CCNC(=O)c1cc(NCc2ccno2)ccn1. The van der Waals surface area contributed by atoms with E-state index in [-0.39, 0.29) is 5.91 Å². The Hall–Kier alpha value is -2.37. The topological polar surface area (TPSA) is 80.0 Å². The van der Waals surface area contributed by atoms with Crippen LogP contribution >= 0.6 is 0 Å². The summed E-state index contributed by atoms with van der Waals surface area (Å²) in [7, 11) is 0. The highest BCUT2D eigenvalue weighted by Gasteiger charge is 2.06. The third-order valence-electron chi connectivity index (χ3n) is 2.29. The van der Waals surface area contributed by atoms with Crippen LogP contribution in [-0.2, 0) is 6.54 Å². The first-order chi connectivity index (χ1) is 8.79. The van der Waals surface area contributed by atoms with Crippen molar-refractivity contribution in [2.45, 2.75) is 13.5 Å². The maximum Gasteiger partial charge on any atom is 0.269 e. The summed E-state index contributed by atoms with van der Waals surface area (Å²) >= 11 is 0. The number of rotatable bonds is 5. The van der Waals surface area contributed by atoms with Crippen LogP contribution in [0.5, 0.6) is 0 Å². The molecule has 2 N–H and O–H groups in total. The van der Waals surface area contributed by atoms with Crippen molar-refractivity contribution in [2.24, 2.45) is 0 Å². The van der Waals surface area contributed by atoms with E-state index >= 15 is 0 Å². The molecule has 0 fully saturated rings. The number of pyridine rings is 1. The number of amides is 1. The molecular weight excluding hydrogens is 232 g/mol. The number of carbonyl (C=O) groups is 1. The molecule has 0 radical (unpaired) electrons. The number of carbonyl (C=O) groups excluding carboxylic acids is 1. The summed E-state index contributed by atoms with van der Waals surface area (Å²) < 4.78 is 4.96. The molecule has 0 saturated heterocycles. The first-order valence-corrected chi connectivity index (χ1v) is 5.67. The van der Waals surface area contributed by atoms with Gasteiger partial charge >= 0.3 is 0 Å². The van der Waals surface area contributed by atoms with Gasteiger partial charge in [-0.05, 0) is 19.1 Å². The van der Waals surface area contributed by atoms with E-state index in [0.717, 1.165) is 11.4 Å². The molecule has 2 heterocycles. The number of nitrogens with zero attached hydrogens (tertiary/aromatic N) is 2. The average Bonchev–Trinajstić information content (AvgIpc) is 2.90. The Morgan fingerprint density at radius 3 is 3.00 bits per heavy atom. The van der Waals surface area contributed by atoms with Crippen LogP contribution in [0.2, 0.25) is 0 Å². The molecule has 0 aromatic carbocycles. The van der Waals surface area contributed by atoms with Crippen molar-refractivity contribution in [2.75, 3.05) is 11.9 Å². The van der Waals surface area contributed by atoms with E-state index < -0.39 is 0 Å². The van der Waals surface area contributed by atoms with Gasteiger partial charge in [-0.25, -0.2) is 0 Å². The van der Waals surface area contributed by atoms with Gasteiger partial charge in [-0.2, -0.15) is 0 Å². The normalized spacial score (nSPS) is 10.1. The number of nitrogens with one attached hydrogen (secondary N) is 2. The predicted octanol–water partition coefficient (Wildman–Crippen LogP) is 1.43. The second-order valence-electron chi connectivity index (χ2n) is 3.62. The first-order valence-electron chi connectivity index (χ1n) is 5.67. The molecule has 0 aliphatic carbocycles. The highest BCUT2D eigenvalue weighted by molar-refractivity contribution is 5.93. The van der Waals surface area contributed by atoms with Crippen molar-refractivity contribution in [3.63, 3.8) is 0 Å². The number of hydrogen-bond acceptors (Lipinski definition) is 5. The number of hydrogen-bond donors (Lipinski definition) is 2. The molecule has 2 aromatic heterocycles. The summed E-state index contributed by atoms with van der Waals surface area (Å²) in [6.45, 7) is 2.96. The van der Waals surface area contributed by atoms with Crippen molar-refractivity contribution in [3.8, 4) is 0 Å². The maximum atomic E-state index is 11.6. The Labute approximate surface area is 104 Å². The number of anilines is 1. The van der Waals surface area contributed by atoms with Crippen molar-refractivity contribution in [3.05, 3.63) is 42.0 Å². The van der Waals surface area contributed by atoms with Crippen LogP contribution in [0.1, 0.15) is 23.2 Å². The molecule has 6 heteroatoms. The van der Waals surface area contributed by atoms with Gasteiger partial charge in [0.15, 0.2) is 5.76 Å². The summed E-state index contributed by atoms with van der Waals surface area (Å²) in [5.74, 6) is 0.548. The minimum absolute atomic E-state index is 0.180. The van der Waals surface area contributed by atoms with Crippen molar-refractivity contribution in [1.82, 2.24) is 15.5 Å². The lowest BCUT2D eigenvalue weighted by Crippen LogP contribution is -2.23. The van der Waals surface area contributed by atoms with E-state index in [1.54, 1.807) is 30.6 Å². The molecule has 6 nitrogen and oxygen atoms in total. The van der Waals surface area contributed by atoms with Gasteiger partial charge in [0, 0.05) is 24.5 Å². The van der Waals surface area contributed by atoms with Gasteiger partial charge in [-0.3, -0.25) is 9.78 Å². The third-order valence-corrected chi connectivity index (χ3v) is 2.29. The minimum Gasteiger partial charge on any atom is -0.378 e. The van der Waals surface area contributed by atoms with Crippen LogP contribution in [0.15, 0.2) is 35.1 Å². The summed E-state index contributed by atoms with van der Waals surface area (Å²) in [5, 5.41) is 9.44. The van der Waals surface area contributed by atoms with E-state index in [9.17, 15) is 4.79 Å². The van der Waals surface area contributed by atoms with Crippen molar-refractivity contribution >= 4 is 11.6 Å². The largest absolute Gasteiger partial charge is 0.378 e. The quantitative estimate of drug-likeness (QED) is 0.834. The minimum atomic E-state index is -0.180. The Balaban J connectivity index is 2.01. The molecule has 1 amide bonds. The van der Waals surface area contributed by atoms with Gasteiger partial charge in [0.05, 0.1) is 12.7 Å². The Morgan fingerprint density at radius 1 is 1.39 bits per heavy atom. The first kappa shape index (κ1) is 12.1. The lowest BCUT2D eigenvalue weighted by Gasteiger charge is -2.06. The van der Waals surface area contributed by atoms with E-state index in [4.69, 9.17) is 4.52 Å². The monoisotopic (exact) mass is 246 g/mol. The molecular formula is C12H14N4O2. The Bertz CT molecular complexity index is 511. The molecule has 2 rings (SSSR count). The van der Waals surface area contributed by atoms with E-state index in [0.29, 0.717) is 18.8 Å². The van der Waals surface area contributed by atoms with Crippen LogP contribution in [0.3, 0.4) is 0 Å². The van der Waals surface area contributed by atoms with Crippen LogP contribution in [0, 0.1) is 0 Å². The molecule has 0 aliphatic rings. The molecule has 2 aromatic rings. The second kappa shape index (κ2) is 5.81. The van der Waals surface area contributed by atoms with Crippen LogP contribution in [0.4, 0.5) is 5.69 Å². The zero-order chi connectivity index (χ0) is 12.8. The Kier molecular flexibility index (Phi) is 3.90. The van der Waals surface area contributed by atoms with Gasteiger partial charge < -0.3 is 15.2 Å². The lowest BCUT2D eigenvalue weighted by atomic mass is 10.3. The van der Waals surface area contributed by atoms with Gasteiger partial charge in [0.25, 0.3) is 5.91 Å². The third kappa shape index (κ3) is 3.07. The molecule has 0 spiro atoms. The molecule has 94 valence electrons. The van der Waals surface area contributed by atoms with E-state index in [2.05, 4.69) is 20.8 Å². The van der Waals surface area contributed by atoms with Crippen molar-refractivity contribution < 1.29 is 9.32 Å². The van der Waals surface area contributed by atoms with Gasteiger partial charge in [0.2, 0.25) is 0 Å². The highest BCUT2D eigenvalue weighted by atomic mass is 16.5. The van der Waals surface area contributed by atoms with Crippen LogP contribution < -0.4 is 10.6 Å². The van der Waals surface area contributed by atoms with Gasteiger partial charge in [-0.1, -0.05) is 5.16 Å². The van der Waals surface area contributed by atoms with Gasteiger partial charge in [-0.15, -0.1) is 0 Å². The van der Waals surface area contributed by atoms with Crippen LogP contribution in [0.25, 0.3) is 0 Å². The standard InChI is InChI=1S/C12H14N4O2/c1-2-13-12(17)11-7-9(3-5-14-11)15-8-10-4-6-16-18-10/h3-7H,2,8H2,1H3,(H,13,17)(H,14,15). The number of aromatic nitrogens is 2. The lowest BCUT2D eigenvalue weighted by molar-refractivity contribution is 0.0951. The molecule has 0 atom stereocenters. The molecule has 0 bridgehead atoms. The molecule has 18 heavy (non-hydrogen) atoms. The molecule has 0 aliphatic heterocycles. The average molecular weight is 246 g/mol. The summed E-state index contributed by atoms with van der Waals surface area (Å²) in [4.78, 5) is 15.6. The summed E-state index contributed by atoms with van der Waals surface area (Å²) in [6.07, 6.45) is 3.18. The summed E-state index contributed by atoms with van der Waals surface area (Å²) in [6, 6.07) is 5.26. The second-order valence-corrected chi connectivity index (χ2v) is 3.62. The maximum absolute atomic E-state index is 11.6. The van der Waals surface area contributed by atoms with E-state index in [1.807, 2.05) is 6.92 Å². The predicted molar refractivity (Wildman–Crippen MR) is 66.1 cm³/mol. The fraction of sp³-hybridized carbons (Fsp3) is 0.250. The van der Waals surface area contributed by atoms with Gasteiger partial charge in [0.1, 0.15) is 5.69 Å². The fourth-order valence-electron chi connectivity index (χ4n) is 1.44. The molecule has 0 unspecified atom stereocenters. The smallest absolute Gasteiger partial charge is 0.269 e. The van der Waals surface area contributed by atoms with E-state index in [1.165, 1.54) is 0 Å². The van der Waals surface area contributed by atoms with Crippen molar-refractivity contribution in [1.29, 1.82) is 0 Å². The van der Waals surface area contributed by atoms with Crippen LogP contribution in [-0.4, -0.2) is 22.6 Å². The Morgan fingerprint density at radius 2 is 2.28 bits per heavy atom. The zero-order valence-electron chi connectivity index (χ0n) is 10.0. The fourth-order valence-corrected chi connectivity index (χ4v) is 1.44. The highest BCUT2D eigenvalue weighted by Crippen LogP contribution is 2.10.